The summed E-state index contributed by atoms with van der Waals surface area (Å²) in [5, 5.41) is 15.5. The fourth-order valence-corrected chi connectivity index (χ4v) is 2.85. The van der Waals surface area contributed by atoms with E-state index in [1.54, 1.807) is 58.4 Å². The van der Waals surface area contributed by atoms with Gasteiger partial charge in [0.1, 0.15) is 17.5 Å². The highest BCUT2D eigenvalue weighted by atomic mass is 35.5. The Morgan fingerprint density at radius 3 is 2.79 bits per heavy atom. The van der Waals surface area contributed by atoms with Gasteiger partial charge in [-0.25, -0.2) is 4.39 Å². The molecule has 0 unspecified atom stereocenters. The molecule has 10 heteroatoms. The second-order valence-electron chi connectivity index (χ2n) is 6.03. The minimum absolute atomic E-state index is 0.213. The Balaban J connectivity index is 1.43. The first kappa shape index (κ1) is 17.9. The molecule has 28 heavy (non-hydrogen) atoms. The van der Waals surface area contributed by atoms with E-state index in [1.807, 2.05) is 0 Å². The second kappa shape index (κ2) is 7.65. The number of hydrogen-bond donors (Lipinski definition) is 1. The smallest absolute Gasteiger partial charge is 0.277 e. The molecule has 0 saturated carbocycles. The van der Waals surface area contributed by atoms with Crippen LogP contribution in [0.25, 0.3) is 0 Å². The number of benzene rings is 1. The highest BCUT2D eigenvalue weighted by Crippen LogP contribution is 2.20. The minimum atomic E-state index is -0.433. The van der Waals surface area contributed by atoms with Crippen LogP contribution in [0, 0.1) is 5.82 Å². The number of carbonyl (C=O) groups is 1. The molecule has 3 aromatic heterocycles. The largest absolute Gasteiger partial charge is 0.302 e. The number of hydrogen-bond acceptors (Lipinski definition) is 4. The molecular formula is C18H15ClFN7O. The van der Waals surface area contributed by atoms with Crippen LogP contribution in [0.3, 0.4) is 0 Å². The molecule has 1 N–H and O–H groups in total. The van der Waals surface area contributed by atoms with E-state index < -0.39 is 5.91 Å². The van der Waals surface area contributed by atoms with Crippen molar-refractivity contribution in [1.82, 2.24) is 29.3 Å². The van der Waals surface area contributed by atoms with Crippen molar-refractivity contribution in [2.45, 2.75) is 13.2 Å². The zero-order chi connectivity index (χ0) is 19.5. The van der Waals surface area contributed by atoms with Crippen molar-refractivity contribution in [1.29, 1.82) is 0 Å². The van der Waals surface area contributed by atoms with Crippen molar-refractivity contribution in [3.63, 3.8) is 0 Å². The number of aromatic nitrogens is 6. The summed E-state index contributed by atoms with van der Waals surface area (Å²) >= 11 is 6.16. The fourth-order valence-electron chi connectivity index (χ4n) is 2.65. The highest BCUT2D eigenvalue weighted by molar-refractivity contribution is 6.33. The Labute approximate surface area is 164 Å². The number of nitrogens with one attached hydrogen (secondary N) is 1. The molecule has 0 fully saturated rings. The number of amides is 1. The van der Waals surface area contributed by atoms with Crippen molar-refractivity contribution in [3.05, 3.63) is 83.3 Å². The molecule has 0 aliphatic rings. The molecule has 0 atom stereocenters. The summed E-state index contributed by atoms with van der Waals surface area (Å²) in [4.78, 5) is 12.4. The lowest BCUT2D eigenvalue weighted by molar-refractivity contribution is 0.102. The average Bonchev–Trinajstić information content (AvgIpc) is 3.39. The van der Waals surface area contributed by atoms with Gasteiger partial charge in [-0.05, 0) is 29.8 Å². The Morgan fingerprint density at radius 2 is 2.00 bits per heavy atom. The van der Waals surface area contributed by atoms with Crippen molar-refractivity contribution in [2.75, 3.05) is 5.32 Å². The summed E-state index contributed by atoms with van der Waals surface area (Å²) in [5.74, 6) is -0.545. The highest BCUT2D eigenvalue weighted by Gasteiger charge is 2.15. The van der Waals surface area contributed by atoms with Crippen LogP contribution in [0.4, 0.5) is 10.2 Å². The number of rotatable bonds is 6. The molecular weight excluding hydrogens is 385 g/mol. The van der Waals surface area contributed by atoms with Gasteiger partial charge >= 0.3 is 0 Å². The van der Waals surface area contributed by atoms with Crippen molar-refractivity contribution < 1.29 is 9.18 Å². The third-order valence-electron chi connectivity index (χ3n) is 3.90. The molecule has 0 aliphatic heterocycles. The predicted octanol–water partition coefficient (Wildman–Crippen LogP) is 2.88. The van der Waals surface area contributed by atoms with Crippen LogP contribution >= 0.6 is 11.6 Å². The maximum absolute atomic E-state index is 13.3. The Morgan fingerprint density at radius 1 is 1.11 bits per heavy atom. The van der Waals surface area contributed by atoms with Gasteiger partial charge in [-0.15, -0.1) is 0 Å². The predicted molar refractivity (Wildman–Crippen MR) is 101 cm³/mol. The molecule has 4 aromatic rings. The standard InChI is InChI=1S/C18H15ClFN7O/c19-15-11-27(10-13-3-1-4-14(20)9-13)24-17(15)22-18(28)16-5-8-26(23-16)12-25-7-2-6-21-25/h1-9,11H,10,12H2,(H,22,24,28). The SMILES string of the molecule is O=C(Nc1nn(Cc2cccc(F)c2)cc1Cl)c1ccn(Cn2cccn2)n1. The number of carbonyl (C=O) groups excluding carboxylic acids is 1. The van der Waals surface area contributed by atoms with E-state index in [-0.39, 0.29) is 22.4 Å². The monoisotopic (exact) mass is 399 g/mol. The number of anilines is 1. The van der Waals surface area contributed by atoms with Gasteiger partial charge in [-0.2, -0.15) is 15.3 Å². The van der Waals surface area contributed by atoms with Crippen LogP contribution in [-0.2, 0) is 13.2 Å². The first-order valence-electron chi connectivity index (χ1n) is 8.36. The van der Waals surface area contributed by atoms with Crippen LogP contribution in [0.15, 0.2) is 61.2 Å². The van der Waals surface area contributed by atoms with E-state index in [2.05, 4.69) is 20.6 Å². The summed E-state index contributed by atoms with van der Waals surface area (Å²) in [6.07, 6.45) is 6.71. The van der Waals surface area contributed by atoms with E-state index >= 15 is 0 Å². The quantitative estimate of drug-likeness (QED) is 0.540. The second-order valence-corrected chi connectivity index (χ2v) is 6.44. The zero-order valence-corrected chi connectivity index (χ0v) is 15.3. The summed E-state index contributed by atoms with van der Waals surface area (Å²) < 4.78 is 18.1. The van der Waals surface area contributed by atoms with Crippen LogP contribution in [0.1, 0.15) is 16.1 Å². The number of nitrogens with zero attached hydrogens (tertiary/aromatic N) is 6. The van der Waals surface area contributed by atoms with Gasteiger partial charge in [0, 0.05) is 24.8 Å². The van der Waals surface area contributed by atoms with Crippen LogP contribution in [0.2, 0.25) is 5.02 Å². The molecule has 8 nitrogen and oxygen atoms in total. The van der Waals surface area contributed by atoms with E-state index in [4.69, 9.17) is 11.6 Å². The van der Waals surface area contributed by atoms with Crippen molar-refractivity contribution >= 4 is 23.3 Å². The fraction of sp³-hybridized carbons (Fsp3) is 0.111. The summed E-state index contributed by atoms with van der Waals surface area (Å²) in [6.45, 7) is 0.717. The van der Waals surface area contributed by atoms with E-state index in [0.717, 1.165) is 5.56 Å². The molecule has 1 amide bonds. The van der Waals surface area contributed by atoms with E-state index in [0.29, 0.717) is 13.2 Å². The van der Waals surface area contributed by atoms with Crippen LogP contribution in [-0.4, -0.2) is 35.2 Å². The van der Waals surface area contributed by atoms with E-state index in [1.165, 1.54) is 16.8 Å². The lowest BCUT2D eigenvalue weighted by Crippen LogP contribution is -2.15. The minimum Gasteiger partial charge on any atom is -0.302 e. The third kappa shape index (κ3) is 4.09. The summed E-state index contributed by atoms with van der Waals surface area (Å²) in [6, 6.07) is 9.59. The Hall–Kier alpha value is -3.46. The maximum Gasteiger partial charge on any atom is 0.277 e. The zero-order valence-electron chi connectivity index (χ0n) is 14.5. The van der Waals surface area contributed by atoms with Crippen molar-refractivity contribution in [2.24, 2.45) is 0 Å². The molecule has 4 rings (SSSR count). The van der Waals surface area contributed by atoms with Gasteiger partial charge in [-0.1, -0.05) is 23.7 Å². The molecule has 0 spiro atoms. The van der Waals surface area contributed by atoms with Crippen molar-refractivity contribution in [3.8, 4) is 0 Å². The van der Waals surface area contributed by atoms with Gasteiger partial charge < -0.3 is 5.32 Å². The first-order chi connectivity index (χ1) is 13.6. The van der Waals surface area contributed by atoms with Crippen LogP contribution < -0.4 is 5.32 Å². The van der Waals surface area contributed by atoms with Gasteiger partial charge in [-0.3, -0.25) is 18.8 Å². The van der Waals surface area contributed by atoms with Gasteiger partial charge in [0.2, 0.25) is 0 Å². The Bertz CT molecular complexity index is 1100. The van der Waals surface area contributed by atoms with E-state index in [9.17, 15) is 9.18 Å². The summed E-state index contributed by atoms with van der Waals surface area (Å²) in [5.41, 5.74) is 0.956. The molecule has 0 radical (unpaired) electrons. The maximum atomic E-state index is 13.3. The van der Waals surface area contributed by atoms with Gasteiger partial charge in [0.25, 0.3) is 5.91 Å². The van der Waals surface area contributed by atoms with Gasteiger partial charge in [0.15, 0.2) is 11.5 Å². The molecule has 1 aromatic carbocycles. The lowest BCUT2D eigenvalue weighted by Gasteiger charge is -2.03. The molecule has 3 heterocycles. The third-order valence-corrected chi connectivity index (χ3v) is 4.18. The molecule has 0 bridgehead atoms. The summed E-state index contributed by atoms with van der Waals surface area (Å²) in [7, 11) is 0. The Kier molecular flexibility index (Phi) is 4.90. The van der Waals surface area contributed by atoms with Crippen LogP contribution in [0.5, 0.6) is 0 Å². The molecule has 142 valence electrons. The molecule has 0 saturated heterocycles. The number of halogens is 2. The van der Waals surface area contributed by atoms with Gasteiger partial charge in [0.05, 0.1) is 6.54 Å². The normalized spacial score (nSPS) is 10.9. The molecule has 0 aliphatic carbocycles. The average molecular weight is 400 g/mol. The first-order valence-corrected chi connectivity index (χ1v) is 8.74. The topological polar surface area (TPSA) is 82.6 Å². The lowest BCUT2D eigenvalue weighted by atomic mass is 10.2.